The predicted octanol–water partition coefficient (Wildman–Crippen LogP) is 3.94. The van der Waals surface area contributed by atoms with Crippen LogP contribution in [-0.4, -0.2) is 30.5 Å². The van der Waals surface area contributed by atoms with Gasteiger partial charge in [0.05, 0.1) is 6.61 Å². The summed E-state index contributed by atoms with van der Waals surface area (Å²) < 4.78 is 5.84. The Morgan fingerprint density at radius 3 is 2.38 bits per heavy atom. The Morgan fingerprint density at radius 2 is 1.69 bits per heavy atom. The van der Waals surface area contributed by atoms with E-state index in [1.807, 2.05) is 59.5 Å². The van der Waals surface area contributed by atoms with Crippen molar-refractivity contribution < 1.29 is 9.53 Å². The minimum absolute atomic E-state index is 0. The highest BCUT2D eigenvalue weighted by molar-refractivity contribution is 5.85. The Kier molecular flexibility index (Phi) is 7.79. The van der Waals surface area contributed by atoms with Crippen LogP contribution in [0.4, 0.5) is 5.69 Å². The van der Waals surface area contributed by atoms with Gasteiger partial charge in [-0.2, -0.15) is 0 Å². The van der Waals surface area contributed by atoms with Crippen LogP contribution >= 0.6 is 12.4 Å². The first-order valence-electron chi connectivity index (χ1n) is 9.01. The standard InChI is InChI=1S/C21H26N2O2.ClH/c22-20-9-5-4-6-18(20)10-11-21(24)23-14-12-17(13-15-23)16-25-19-7-2-1-3-8-19;/h1-9,17H,10-16,22H2;1H. The van der Waals surface area contributed by atoms with Crippen molar-refractivity contribution in [3.63, 3.8) is 0 Å². The Balaban J connectivity index is 0.00000243. The largest absolute Gasteiger partial charge is 0.493 e. The maximum absolute atomic E-state index is 12.4. The summed E-state index contributed by atoms with van der Waals surface area (Å²) in [5.41, 5.74) is 7.77. The number of para-hydroxylation sites is 2. The first kappa shape index (κ1) is 20.1. The number of nitrogens with zero attached hydrogens (tertiary/aromatic N) is 1. The van der Waals surface area contributed by atoms with Crippen LogP contribution in [0, 0.1) is 5.92 Å². The van der Waals surface area contributed by atoms with E-state index in [1.54, 1.807) is 0 Å². The van der Waals surface area contributed by atoms with Gasteiger partial charge in [-0.15, -0.1) is 12.4 Å². The lowest BCUT2D eigenvalue weighted by atomic mass is 9.97. The number of piperidine rings is 1. The van der Waals surface area contributed by atoms with E-state index in [1.165, 1.54) is 0 Å². The van der Waals surface area contributed by atoms with Gasteiger partial charge in [0.1, 0.15) is 5.75 Å². The lowest BCUT2D eigenvalue weighted by Gasteiger charge is -2.32. The zero-order chi connectivity index (χ0) is 17.5. The summed E-state index contributed by atoms with van der Waals surface area (Å²) in [7, 11) is 0. The van der Waals surface area contributed by atoms with Gasteiger partial charge in [-0.1, -0.05) is 36.4 Å². The Morgan fingerprint density at radius 1 is 1.04 bits per heavy atom. The summed E-state index contributed by atoms with van der Waals surface area (Å²) >= 11 is 0. The van der Waals surface area contributed by atoms with Crippen molar-refractivity contribution in [1.29, 1.82) is 0 Å². The molecule has 2 aromatic rings. The van der Waals surface area contributed by atoms with E-state index in [0.717, 1.165) is 49.5 Å². The summed E-state index contributed by atoms with van der Waals surface area (Å²) in [6.45, 7) is 2.38. The molecule has 1 saturated heterocycles. The number of carbonyl (C=O) groups excluding carboxylic acids is 1. The monoisotopic (exact) mass is 374 g/mol. The lowest BCUT2D eigenvalue weighted by molar-refractivity contribution is -0.132. The van der Waals surface area contributed by atoms with Crippen molar-refractivity contribution in [3.05, 3.63) is 60.2 Å². The van der Waals surface area contributed by atoms with E-state index < -0.39 is 0 Å². The predicted molar refractivity (Wildman–Crippen MR) is 108 cm³/mol. The van der Waals surface area contributed by atoms with E-state index in [0.29, 0.717) is 18.8 Å². The fourth-order valence-corrected chi connectivity index (χ4v) is 3.24. The molecule has 0 unspecified atom stereocenters. The molecule has 0 aliphatic carbocycles. The smallest absolute Gasteiger partial charge is 0.222 e. The van der Waals surface area contributed by atoms with Gasteiger partial charge in [-0.3, -0.25) is 4.79 Å². The summed E-state index contributed by atoms with van der Waals surface area (Å²) in [5, 5.41) is 0. The van der Waals surface area contributed by atoms with Gasteiger partial charge in [0.15, 0.2) is 0 Å². The molecule has 4 nitrogen and oxygen atoms in total. The second-order valence-corrected chi connectivity index (χ2v) is 6.65. The van der Waals surface area contributed by atoms with E-state index >= 15 is 0 Å². The van der Waals surface area contributed by atoms with Gasteiger partial charge in [-0.05, 0) is 48.9 Å². The topological polar surface area (TPSA) is 55.6 Å². The quantitative estimate of drug-likeness (QED) is 0.779. The summed E-state index contributed by atoms with van der Waals surface area (Å²) in [6, 6.07) is 17.7. The average Bonchev–Trinajstić information content (AvgIpc) is 2.67. The van der Waals surface area contributed by atoms with E-state index in [4.69, 9.17) is 10.5 Å². The number of rotatable bonds is 6. The van der Waals surface area contributed by atoms with Crippen LogP contribution in [0.3, 0.4) is 0 Å². The van der Waals surface area contributed by atoms with Gasteiger partial charge >= 0.3 is 0 Å². The normalized spacial score (nSPS) is 14.5. The molecular formula is C21H27ClN2O2. The highest BCUT2D eigenvalue weighted by atomic mass is 35.5. The number of benzene rings is 2. The van der Waals surface area contributed by atoms with Crippen LogP contribution in [0.2, 0.25) is 0 Å². The van der Waals surface area contributed by atoms with Gasteiger partial charge in [-0.25, -0.2) is 0 Å². The zero-order valence-electron chi connectivity index (χ0n) is 15.0. The van der Waals surface area contributed by atoms with Crippen molar-refractivity contribution in [1.82, 2.24) is 4.90 Å². The molecule has 5 heteroatoms. The molecule has 1 aliphatic rings. The zero-order valence-corrected chi connectivity index (χ0v) is 15.8. The van der Waals surface area contributed by atoms with Gasteiger partial charge in [0.25, 0.3) is 0 Å². The number of likely N-dealkylation sites (tertiary alicyclic amines) is 1. The Bertz CT molecular complexity index is 685. The van der Waals surface area contributed by atoms with Crippen molar-refractivity contribution in [2.24, 2.45) is 5.92 Å². The summed E-state index contributed by atoms with van der Waals surface area (Å²) in [4.78, 5) is 14.4. The Labute approximate surface area is 161 Å². The van der Waals surface area contributed by atoms with Crippen molar-refractivity contribution >= 4 is 24.0 Å². The summed E-state index contributed by atoms with van der Waals surface area (Å²) in [6.07, 6.45) is 3.25. The first-order chi connectivity index (χ1) is 12.2. The van der Waals surface area contributed by atoms with Crippen molar-refractivity contribution in [3.8, 4) is 5.75 Å². The van der Waals surface area contributed by atoms with Crippen LogP contribution < -0.4 is 10.5 Å². The van der Waals surface area contributed by atoms with Crippen LogP contribution in [0.15, 0.2) is 54.6 Å². The molecule has 1 aliphatic heterocycles. The molecule has 1 heterocycles. The number of ether oxygens (including phenoxy) is 1. The molecule has 3 rings (SSSR count). The van der Waals surface area contributed by atoms with E-state index in [2.05, 4.69) is 0 Å². The molecule has 140 valence electrons. The number of hydrogen-bond acceptors (Lipinski definition) is 3. The molecule has 2 N–H and O–H groups in total. The number of nitrogen functional groups attached to an aromatic ring is 1. The maximum Gasteiger partial charge on any atom is 0.222 e. The van der Waals surface area contributed by atoms with Crippen molar-refractivity contribution in [2.75, 3.05) is 25.4 Å². The number of anilines is 1. The lowest BCUT2D eigenvalue weighted by Crippen LogP contribution is -2.39. The SMILES string of the molecule is Cl.Nc1ccccc1CCC(=O)N1CCC(COc2ccccc2)CC1. The fourth-order valence-electron chi connectivity index (χ4n) is 3.24. The number of aryl methyl sites for hydroxylation is 1. The molecule has 1 amide bonds. The molecule has 0 spiro atoms. The molecule has 0 saturated carbocycles. The van der Waals surface area contributed by atoms with Gasteiger partial charge in [0.2, 0.25) is 5.91 Å². The molecule has 2 aromatic carbocycles. The van der Waals surface area contributed by atoms with E-state index in [9.17, 15) is 4.79 Å². The highest BCUT2D eigenvalue weighted by Gasteiger charge is 2.23. The fraction of sp³-hybridized carbons (Fsp3) is 0.381. The molecule has 0 atom stereocenters. The maximum atomic E-state index is 12.4. The van der Waals surface area contributed by atoms with Crippen LogP contribution in [-0.2, 0) is 11.2 Å². The Hall–Kier alpha value is -2.20. The minimum atomic E-state index is 0. The third-order valence-corrected chi connectivity index (χ3v) is 4.86. The minimum Gasteiger partial charge on any atom is -0.493 e. The highest BCUT2D eigenvalue weighted by Crippen LogP contribution is 2.21. The molecule has 0 radical (unpaired) electrons. The third-order valence-electron chi connectivity index (χ3n) is 4.86. The number of carbonyl (C=O) groups is 1. The molecule has 0 aromatic heterocycles. The second kappa shape index (κ2) is 10.1. The third kappa shape index (κ3) is 5.67. The second-order valence-electron chi connectivity index (χ2n) is 6.65. The average molecular weight is 375 g/mol. The van der Waals surface area contributed by atoms with Crippen LogP contribution in [0.1, 0.15) is 24.8 Å². The number of nitrogens with two attached hydrogens (primary N) is 1. The van der Waals surface area contributed by atoms with E-state index in [-0.39, 0.29) is 18.3 Å². The van der Waals surface area contributed by atoms with Gasteiger partial charge in [0, 0.05) is 25.2 Å². The van der Waals surface area contributed by atoms with Crippen molar-refractivity contribution in [2.45, 2.75) is 25.7 Å². The molecule has 0 bridgehead atoms. The molecular weight excluding hydrogens is 348 g/mol. The molecule has 1 fully saturated rings. The number of hydrogen-bond donors (Lipinski definition) is 1. The summed E-state index contributed by atoms with van der Waals surface area (Å²) in [5.74, 6) is 1.67. The van der Waals surface area contributed by atoms with Gasteiger partial charge < -0.3 is 15.4 Å². The molecule has 26 heavy (non-hydrogen) atoms. The number of halogens is 1. The number of amides is 1. The first-order valence-corrected chi connectivity index (χ1v) is 9.01. The van der Waals surface area contributed by atoms with Crippen LogP contribution in [0.5, 0.6) is 5.75 Å². The van der Waals surface area contributed by atoms with Crippen LogP contribution in [0.25, 0.3) is 0 Å².